The molecule has 1 aliphatic carbocycles. The highest BCUT2D eigenvalue weighted by Gasteiger charge is 2.31. The minimum Gasteiger partial charge on any atom is -0.326 e. The maximum atomic E-state index is 13.6. The number of nitriles is 1. The van der Waals surface area contributed by atoms with Gasteiger partial charge in [-0.15, -0.1) is 0 Å². The number of carbonyl (C=O) groups excluding carboxylic acids is 1. The molecule has 2 rings (SSSR count). The molecule has 0 heterocycles. The second-order valence-corrected chi connectivity index (χ2v) is 5.54. The van der Waals surface area contributed by atoms with Gasteiger partial charge in [-0.05, 0) is 31.9 Å². The lowest BCUT2D eigenvalue weighted by atomic mass is 9.94. The number of rotatable bonds is 3. The van der Waals surface area contributed by atoms with E-state index in [-0.39, 0.29) is 17.9 Å². The Morgan fingerprint density at radius 1 is 1.50 bits per heavy atom. The van der Waals surface area contributed by atoms with Gasteiger partial charge in [0.15, 0.2) is 0 Å². The van der Waals surface area contributed by atoms with Crippen LogP contribution in [0.2, 0.25) is 0 Å². The summed E-state index contributed by atoms with van der Waals surface area (Å²) in [4.78, 5) is 12.0. The predicted molar refractivity (Wildman–Crippen MR) is 74.5 cm³/mol. The first-order valence-corrected chi connectivity index (χ1v) is 6.72. The maximum Gasteiger partial charge on any atom is 0.226 e. The number of nitrogens with zero attached hydrogens (tertiary/aromatic N) is 1. The van der Waals surface area contributed by atoms with Crippen molar-refractivity contribution in [1.29, 1.82) is 5.26 Å². The van der Waals surface area contributed by atoms with Gasteiger partial charge in [0.1, 0.15) is 5.82 Å². The first-order chi connectivity index (χ1) is 9.43. The Bertz CT molecular complexity index is 571. The summed E-state index contributed by atoms with van der Waals surface area (Å²) in [6.07, 6.45) is 3.99. The number of hydrogen-bond acceptors (Lipinski definition) is 3. The van der Waals surface area contributed by atoms with Gasteiger partial charge >= 0.3 is 0 Å². The molecule has 4 nitrogen and oxygen atoms in total. The fraction of sp³-hybridized carbons (Fsp3) is 0.467. The number of halogens is 1. The van der Waals surface area contributed by atoms with Crippen molar-refractivity contribution in [2.75, 3.05) is 5.32 Å². The van der Waals surface area contributed by atoms with E-state index < -0.39 is 11.4 Å². The second kappa shape index (κ2) is 5.59. The van der Waals surface area contributed by atoms with Crippen molar-refractivity contribution in [2.45, 2.75) is 44.6 Å². The normalized spacial score (nSPS) is 16.7. The highest BCUT2D eigenvalue weighted by Crippen LogP contribution is 2.30. The van der Waals surface area contributed by atoms with Crippen LogP contribution in [0.25, 0.3) is 0 Å². The Morgan fingerprint density at radius 2 is 2.15 bits per heavy atom. The van der Waals surface area contributed by atoms with E-state index in [1.54, 1.807) is 6.92 Å². The van der Waals surface area contributed by atoms with Gasteiger partial charge < -0.3 is 11.1 Å². The van der Waals surface area contributed by atoms with Crippen LogP contribution in [0.4, 0.5) is 10.1 Å². The van der Waals surface area contributed by atoms with E-state index in [9.17, 15) is 9.18 Å². The molecule has 0 spiro atoms. The molecule has 0 aromatic heterocycles. The third-order valence-electron chi connectivity index (χ3n) is 3.86. The van der Waals surface area contributed by atoms with E-state index in [1.165, 1.54) is 6.07 Å². The van der Waals surface area contributed by atoms with E-state index in [0.29, 0.717) is 11.3 Å². The Hall–Kier alpha value is -1.93. The molecule has 0 aliphatic heterocycles. The molecule has 106 valence electrons. The van der Waals surface area contributed by atoms with Crippen molar-refractivity contribution < 1.29 is 9.18 Å². The van der Waals surface area contributed by atoms with Gasteiger partial charge in [0, 0.05) is 23.2 Å². The molecular weight excluding hydrogens is 257 g/mol. The molecule has 20 heavy (non-hydrogen) atoms. The fourth-order valence-corrected chi connectivity index (χ4v) is 2.64. The van der Waals surface area contributed by atoms with Gasteiger partial charge in [-0.1, -0.05) is 12.8 Å². The summed E-state index contributed by atoms with van der Waals surface area (Å²) in [5, 5.41) is 11.5. The van der Waals surface area contributed by atoms with Crippen LogP contribution < -0.4 is 11.1 Å². The topological polar surface area (TPSA) is 78.9 Å². The lowest BCUT2D eigenvalue weighted by Crippen LogP contribution is -2.40. The number of nitrogens with one attached hydrogen (secondary N) is 1. The molecular formula is C15H18FN3O. The van der Waals surface area contributed by atoms with Crippen LogP contribution in [-0.2, 0) is 4.79 Å². The lowest BCUT2D eigenvalue weighted by Gasteiger charge is -2.22. The summed E-state index contributed by atoms with van der Waals surface area (Å²) in [5.74, 6) is -0.727. The number of anilines is 1. The zero-order chi connectivity index (χ0) is 14.8. The molecule has 1 aliphatic rings. The first kappa shape index (κ1) is 14.5. The molecule has 1 fully saturated rings. The first-order valence-electron chi connectivity index (χ1n) is 6.72. The highest BCUT2D eigenvalue weighted by molar-refractivity contribution is 5.92. The Labute approximate surface area is 117 Å². The van der Waals surface area contributed by atoms with Crippen LogP contribution in [0.5, 0.6) is 0 Å². The summed E-state index contributed by atoms with van der Waals surface area (Å²) in [6, 6.07) is 4.51. The summed E-state index contributed by atoms with van der Waals surface area (Å²) >= 11 is 0. The second-order valence-electron chi connectivity index (χ2n) is 5.54. The van der Waals surface area contributed by atoms with Crippen LogP contribution in [0, 0.1) is 24.1 Å². The van der Waals surface area contributed by atoms with E-state index in [4.69, 9.17) is 11.0 Å². The van der Waals surface area contributed by atoms with Crippen molar-refractivity contribution in [1.82, 2.24) is 0 Å². The molecule has 0 atom stereocenters. The summed E-state index contributed by atoms with van der Waals surface area (Å²) in [6.45, 7) is 1.57. The quantitative estimate of drug-likeness (QED) is 0.890. The monoisotopic (exact) mass is 275 g/mol. The maximum absolute atomic E-state index is 13.6. The van der Waals surface area contributed by atoms with E-state index in [2.05, 4.69) is 5.32 Å². The van der Waals surface area contributed by atoms with Gasteiger partial charge in [-0.25, -0.2) is 4.39 Å². The van der Waals surface area contributed by atoms with E-state index >= 15 is 0 Å². The van der Waals surface area contributed by atoms with Crippen LogP contribution in [-0.4, -0.2) is 11.4 Å². The lowest BCUT2D eigenvalue weighted by molar-refractivity contribution is -0.117. The predicted octanol–water partition coefficient (Wildman–Crippen LogP) is 2.61. The number of benzene rings is 1. The SMILES string of the molecule is Cc1c(F)cc(C#N)cc1NC(=O)CC1(N)CCCC1. The number of carbonyl (C=O) groups is 1. The fourth-order valence-electron chi connectivity index (χ4n) is 2.64. The smallest absolute Gasteiger partial charge is 0.226 e. The number of hydrogen-bond donors (Lipinski definition) is 2. The van der Waals surface area contributed by atoms with Gasteiger partial charge in [0.05, 0.1) is 11.6 Å². The van der Waals surface area contributed by atoms with Crippen LogP contribution in [0.15, 0.2) is 12.1 Å². The Kier molecular flexibility index (Phi) is 4.05. The molecule has 1 amide bonds. The van der Waals surface area contributed by atoms with Gasteiger partial charge in [-0.2, -0.15) is 5.26 Å². The van der Waals surface area contributed by atoms with Gasteiger partial charge in [0.2, 0.25) is 5.91 Å². The van der Waals surface area contributed by atoms with Gasteiger partial charge in [0.25, 0.3) is 0 Å². The van der Waals surface area contributed by atoms with Crippen LogP contribution in [0.1, 0.15) is 43.2 Å². The Morgan fingerprint density at radius 3 is 2.75 bits per heavy atom. The molecule has 5 heteroatoms. The molecule has 0 saturated heterocycles. The average Bonchev–Trinajstić information content (AvgIpc) is 2.80. The molecule has 0 unspecified atom stereocenters. The van der Waals surface area contributed by atoms with Crippen LogP contribution in [0.3, 0.4) is 0 Å². The van der Waals surface area contributed by atoms with Crippen molar-refractivity contribution >= 4 is 11.6 Å². The molecule has 1 aromatic carbocycles. The third kappa shape index (κ3) is 3.14. The molecule has 0 bridgehead atoms. The number of amides is 1. The molecule has 0 radical (unpaired) electrons. The standard InChI is InChI=1S/C15H18FN3O/c1-10-12(16)6-11(9-17)7-13(10)19-14(20)8-15(18)4-2-3-5-15/h6-7H,2-5,8,18H2,1H3,(H,19,20). The van der Waals surface area contributed by atoms with Crippen LogP contribution >= 0.6 is 0 Å². The Balaban J connectivity index is 2.12. The van der Waals surface area contributed by atoms with E-state index in [1.807, 2.05) is 6.07 Å². The highest BCUT2D eigenvalue weighted by atomic mass is 19.1. The van der Waals surface area contributed by atoms with Crippen molar-refractivity contribution in [3.05, 3.63) is 29.1 Å². The minimum absolute atomic E-state index is 0.187. The summed E-state index contributed by atoms with van der Waals surface area (Å²) in [7, 11) is 0. The molecule has 1 saturated carbocycles. The number of nitrogens with two attached hydrogens (primary N) is 1. The zero-order valence-corrected chi connectivity index (χ0v) is 11.5. The zero-order valence-electron chi connectivity index (χ0n) is 11.5. The van der Waals surface area contributed by atoms with E-state index in [0.717, 1.165) is 31.7 Å². The average molecular weight is 275 g/mol. The minimum atomic E-state index is -0.498. The summed E-state index contributed by atoms with van der Waals surface area (Å²) in [5.41, 5.74) is 6.57. The van der Waals surface area contributed by atoms with Crippen molar-refractivity contribution in [3.8, 4) is 6.07 Å². The van der Waals surface area contributed by atoms with Gasteiger partial charge in [-0.3, -0.25) is 4.79 Å². The van der Waals surface area contributed by atoms with Crippen molar-refractivity contribution in [2.24, 2.45) is 5.73 Å². The summed E-state index contributed by atoms with van der Waals surface area (Å²) < 4.78 is 13.6. The van der Waals surface area contributed by atoms with Crippen molar-refractivity contribution in [3.63, 3.8) is 0 Å². The third-order valence-corrected chi connectivity index (χ3v) is 3.86. The largest absolute Gasteiger partial charge is 0.326 e. The molecule has 1 aromatic rings. The molecule has 3 N–H and O–H groups in total.